The van der Waals surface area contributed by atoms with Gasteiger partial charge in [0, 0.05) is 35.5 Å². The molecule has 0 bridgehead atoms. The number of aliphatic hydroxyl groups is 1. The Morgan fingerprint density at radius 3 is 2.48 bits per heavy atom. The van der Waals surface area contributed by atoms with Gasteiger partial charge in [-0.25, -0.2) is 4.39 Å². The molecule has 0 unspecified atom stereocenters. The fourth-order valence-corrected chi connectivity index (χ4v) is 3.21. The molecule has 0 saturated carbocycles. The van der Waals surface area contributed by atoms with Crippen LogP contribution in [0.3, 0.4) is 0 Å². The van der Waals surface area contributed by atoms with Crippen molar-refractivity contribution in [2.75, 3.05) is 18.5 Å². The third-order valence-corrected chi connectivity index (χ3v) is 4.78. The first-order chi connectivity index (χ1) is 14.9. The smallest absolute Gasteiger partial charge is 0.167 e. The molecule has 4 nitrogen and oxygen atoms in total. The average molecular weight is 444 g/mol. The summed E-state index contributed by atoms with van der Waals surface area (Å²) < 4.78 is 25.6. The molecule has 0 aromatic heterocycles. The number of hydrogen-bond donors (Lipinski definition) is 2. The van der Waals surface area contributed by atoms with E-state index < -0.39 is 5.82 Å². The molecule has 6 heteroatoms. The van der Waals surface area contributed by atoms with E-state index in [1.165, 1.54) is 6.07 Å². The number of aliphatic hydroxyl groups excluding tert-OH is 1. The number of ether oxygens (including phenoxy) is 2. The van der Waals surface area contributed by atoms with Gasteiger partial charge in [-0.3, -0.25) is 0 Å². The van der Waals surface area contributed by atoms with Crippen molar-refractivity contribution in [1.82, 2.24) is 0 Å². The lowest BCUT2D eigenvalue weighted by Crippen LogP contribution is -2.07. The van der Waals surface area contributed by atoms with E-state index in [2.05, 4.69) is 5.32 Å². The Bertz CT molecular complexity index is 993. The molecule has 31 heavy (non-hydrogen) atoms. The van der Waals surface area contributed by atoms with Crippen molar-refractivity contribution in [1.29, 1.82) is 0 Å². The lowest BCUT2D eigenvalue weighted by Gasteiger charge is -2.16. The SMILES string of the molecule is CC(C)Oc1ccc(Nc2ccc(OCCCO)cc2Cc2ccc(Cl)cc2)cc1F. The predicted molar refractivity (Wildman–Crippen MR) is 123 cm³/mol. The standard InChI is InChI=1S/C25H27ClFNO3/c1-17(2)31-25-11-8-21(16-23(25)27)28-24-10-9-22(30-13-3-12-29)15-19(24)14-18-4-6-20(26)7-5-18/h4-11,15-17,28-29H,3,12-14H2,1-2H3. The number of anilines is 2. The molecule has 3 aromatic carbocycles. The molecule has 0 spiro atoms. The molecule has 0 aliphatic rings. The molecule has 164 valence electrons. The van der Waals surface area contributed by atoms with Crippen LogP contribution in [-0.4, -0.2) is 24.4 Å². The molecule has 0 aliphatic carbocycles. The zero-order valence-electron chi connectivity index (χ0n) is 17.7. The number of nitrogens with one attached hydrogen (secondary N) is 1. The van der Waals surface area contributed by atoms with Crippen molar-refractivity contribution in [3.8, 4) is 11.5 Å². The highest BCUT2D eigenvalue weighted by atomic mass is 35.5. The highest BCUT2D eigenvalue weighted by Crippen LogP contribution is 2.30. The first kappa shape index (κ1) is 22.9. The minimum absolute atomic E-state index is 0.0827. The van der Waals surface area contributed by atoms with Crippen molar-refractivity contribution in [2.24, 2.45) is 0 Å². The molecule has 0 fully saturated rings. The summed E-state index contributed by atoms with van der Waals surface area (Å²) in [6, 6.07) is 18.2. The molecule has 0 amide bonds. The van der Waals surface area contributed by atoms with E-state index in [0.29, 0.717) is 30.2 Å². The van der Waals surface area contributed by atoms with Gasteiger partial charge in [0.25, 0.3) is 0 Å². The summed E-state index contributed by atoms with van der Waals surface area (Å²) in [5.74, 6) is 0.534. The van der Waals surface area contributed by atoms with Gasteiger partial charge in [-0.05, 0) is 73.9 Å². The van der Waals surface area contributed by atoms with Crippen LogP contribution in [0.15, 0.2) is 60.7 Å². The van der Waals surface area contributed by atoms with E-state index in [4.69, 9.17) is 26.2 Å². The van der Waals surface area contributed by atoms with Crippen LogP contribution in [0.5, 0.6) is 11.5 Å². The number of benzene rings is 3. The molecule has 0 saturated heterocycles. The van der Waals surface area contributed by atoms with Crippen molar-refractivity contribution >= 4 is 23.0 Å². The summed E-state index contributed by atoms with van der Waals surface area (Å²) in [5, 5.41) is 13.0. The van der Waals surface area contributed by atoms with Crippen molar-refractivity contribution in [3.05, 3.63) is 82.6 Å². The number of hydrogen-bond acceptors (Lipinski definition) is 4. The zero-order chi connectivity index (χ0) is 22.2. The molecular formula is C25H27ClFNO3. The van der Waals surface area contributed by atoms with E-state index in [0.717, 1.165) is 22.6 Å². The second-order valence-corrected chi connectivity index (χ2v) is 7.92. The van der Waals surface area contributed by atoms with Gasteiger partial charge in [-0.1, -0.05) is 23.7 Å². The topological polar surface area (TPSA) is 50.7 Å². The monoisotopic (exact) mass is 443 g/mol. The van der Waals surface area contributed by atoms with E-state index in [9.17, 15) is 4.39 Å². The van der Waals surface area contributed by atoms with E-state index in [-0.39, 0.29) is 18.5 Å². The van der Waals surface area contributed by atoms with Gasteiger partial charge < -0.3 is 19.9 Å². The summed E-state index contributed by atoms with van der Waals surface area (Å²) in [6.45, 7) is 4.24. The van der Waals surface area contributed by atoms with Crippen LogP contribution in [0.2, 0.25) is 5.02 Å². The second kappa shape index (κ2) is 11.0. The second-order valence-electron chi connectivity index (χ2n) is 7.48. The van der Waals surface area contributed by atoms with Crippen LogP contribution in [0.25, 0.3) is 0 Å². The van der Waals surface area contributed by atoms with Crippen LogP contribution in [-0.2, 0) is 6.42 Å². The van der Waals surface area contributed by atoms with Gasteiger partial charge >= 0.3 is 0 Å². The number of halogens is 2. The Kier molecular flexibility index (Phi) is 8.15. The fraction of sp³-hybridized carbons (Fsp3) is 0.280. The Morgan fingerprint density at radius 2 is 1.81 bits per heavy atom. The maximum absolute atomic E-state index is 14.4. The third-order valence-electron chi connectivity index (χ3n) is 4.53. The summed E-state index contributed by atoms with van der Waals surface area (Å²) in [6.07, 6.45) is 1.11. The minimum Gasteiger partial charge on any atom is -0.493 e. The molecule has 2 N–H and O–H groups in total. The van der Waals surface area contributed by atoms with E-state index in [1.54, 1.807) is 12.1 Å². The normalized spacial score (nSPS) is 10.9. The molecule has 3 aromatic rings. The lowest BCUT2D eigenvalue weighted by molar-refractivity contribution is 0.231. The van der Waals surface area contributed by atoms with Gasteiger partial charge in [0.2, 0.25) is 0 Å². The molecule has 3 rings (SSSR count). The Hall–Kier alpha value is -2.76. The zero-order valence-corrected chi connectivity index (χ0v) is 18.5. The molecular weight excluding hydrogens is 417 g/mol. The fourth-order valence-electron chi connectivity index (χ4n) is 3.09. The maximum atomic E-state index is 14.4. The molecule has 0 radical (unpaired) electrons. The van der Waals surface area contributed by atoms with E-state index >= 15 is 0 Å². The van der Waals surface area contributed by atoms with Gasteiger partial charge in [-0.15, -0.1) is 0 Å². The minimum atomic E-state index is -0.415. The Morgan fingerprint density at radius 1 is 1.03 bits per heavy atom. The van der Waals surface area contributed by atoms with Crippen molar-refractivity contribution in [3.63, 3.8) is 0 Å². The quantitative estimate of drug-likeness (QED) is 0.358. The van der Waals surface area contributed by atoms with Crippen LogP contribution in [0.1, 0.15) is 31.4 Å². The predicted octanol–water partition coefficient (Wildman–Crippen LogP) is 6.36. The van der Waals surface area contributed by atoms with Crippen LogP contribution < -0.4 is 14.8 Å². The highest BCUT2D eigenvalue weighted by molar-refractivity contribution is 6.30. The van der Waals surface area contributed by atoms with Gasteiger partial charge in [-0.2, -0.15) is 0 Å². The van der Waals surface area contributed by atoms with Gasteiger partial charge in [0.05, 0.1) is 12.7 Å². The summed E-state index contributed by atoms with van der Waals surface area (Å²) >= 11 is 6.01. The largest absolute Gasteiger partial charge is 0.493 e. The van der Waals surface area contributed by atoms with Crippen LogP contribution in [0.4, 0.5) is 15.8 Å². The molecule has 0 aliphatic heterocycles. The first-order valence-electron chi connectivity index (χ1n) is 10.3. The summed E-state index contributed by atoms with van der Waals surface area (Å²) in [5.41, 5.74) is 3.56. The van der Waals surface area contributed by atoms with Crippen molar-refractivity contribution in [2.45, 2.75) is 32.8 Å². The van der Waals surface area contributed by atoms with Gasteiger partial charge in [0.1, 0.15) is 5.75 Å². The Labute approximate surface area is 187 Å². The lowest BCUT2D eigenvalue weighted by atomic mass is 10.0. The summed E-state index contributed by atoms with van der Waals surface area (Å²) in [4.78, 5) is 0. The van der Waals surface area contributed by atoms with Crippen LogP contribution >= 0.6 is 11.6 Å². The van der Waals surface area contributed by atoms with Gasteiger partial charge in [0.15, 0.2) is 11.6 Å². The number of rotatable bonds is 10. The highest BCUT2D eigenvalue weighted by Gasteiger charge is 2.10. The molecule has 0 heterocycles. The van der Waals surface area contributed by atoms with Crippen molar-refractivity contribution < 1.29 is 19.0 Å². The van der Waals surface area contributed by atoms with E-state index in [1.807, 2.05) is 56.3 Å². The van der Waals surface area contributed by atoms with Crippen LogP contribution in [0, 0.1) is 5.82 Å². The third kappa shape index (κ3) is 6.88. The Balaban J connectivity index is 1.85. The molecule has 0 atom stereocenters. The summed E-state index contributed by atoms with van der Waals surface area (Å²) in [7, 11) is 0. The first-order valence-corrected chi connectivity index (χ1v) is 10.7. The maximum Gasteiger partial charge on any atom is 0.167 e. The average Bonchev–Trinajstić information content (AvgIpc) is 2.73.